The van der Waals surface area contributed by atoms with Gasteiger partial charge in [-0.05, 0) is 59.7 Å². The van der Waals surface area contributed by atoms with Crippen LogP contribution in [0.4, 0.5) is 0 Å². The summed E-state index contributed by atoms with van der Waals surface area (Å²) < 4.78 is 0. The van der Waals surface area contributed by atoms with Crippen LogP contribution >= 0.6 is 0 Å². The average Bonchev–Trinajstić information content (AvgIpc) is 3.16. The molecule has 1 saturated heterocycles. The van der Waals surface area contributed by atoms with Crippen LogP contribution in [0.1, 0.15) is 27.9 Å². The molecular weight excluding hydrogens is 348 g/mol. The van der Waals surface area contributed by atoms with Crippen LogP contribution < -0.4 is 0 Å². The van der Waals surface area contributed by atoms with Crippen molar-refractivity contribution in [2.24, 2.45) is 5.92 Å². The Balaban J connectivity index is 1.38. The van der Waals surface area contributed by atoms with Gasteiger partial charge in [-0.25, -0.2) is 4.79 Å². The Morgan fingerprint density at radius 1 is 1.04 bits per heavy atom. The van der Waals surface area contributed by atoms with Gasteiger partial charge in [-0.3, -0.25) is 9.88 Å². The number of carbonyl (C=O) groups is 1. The highest BCUT2D eigenvalue weighted by molar-refractivity contribution is 5.95. The van der Waals surface area contributed by atoms with Crippen LogP contribution in [-0.4, -0.2) is 34.0 Å². The third kappa shape index (κ3) is 4.29. The summed E-state index contributed by atoms with van der Waals surface area (Å²) in [7, 11) is 0. The zero-order valence-corrected chi connectivity index (χ0v) is 15.8. The van der Waals surface area contributed by atoms with Gasteiger partial charge in [0.2, 0.25) is 0 Å². The van der Waals surface area contributed by atoms with Crippen LogP contribution in [-0.2, 0) is 13.0 Å². The summed E-state index contributed by atoms with van der Waals surface area (Å²) in [6, 6.07) is 19.6. The Morgan fingerprint density at radius 3 is 2.61 bits per heavy atom. The quantitative estimate of drug-likeness (QED) is 0.692. The van der Waals surface area contributed by atoms with Crippen LogP contribution in [0.5, 0.6) is 0 Å². The molecule has 1 N–H and O–H groups in total. The van der Waals surface area contributed by atoms with Crippen molar-refractivity contribution >= 4 is 5.97 Å². The fourth-order valence-corrected chi connectivity index (χ4v) is 4.04. The molecule has 0 spiro atoms. The summed E-state index contributed by atoms with van der Waals surface area (Å²) in [4.78, 5) is 18.2. The third-order valence-electron chi connectivity index (χ3n) is 5.45. The topological polar surface area (TPSA) is 53.4 Å². The van der Waals surface area contributed by atoms with Gasteiger partial charge in [-0.1, -0.05) is 48.5 Å². The molecule has 28 heavy (non-hydrogen) atoms. The van der Waals surface area contributed by atoms with Crippen molar-refractivity contribution in [2.75, 3.05) is 13.1 Å². The van der Waals surface area contributed by atoms with E-state index in [1.54, 1.807) is 12.1 Å². The monoisotopic (exact) mass is 372 g/mol. The molecular formula is C24H24N2O2. The van der Waals surface area contributed by atoms with E-state index in [1.807, 2.05) is 42.7 Å². The summed E-state index contributed by atoms with van der Waals surface area (Å²) in [5, 5.41) is 9.39. The molecule has 2 heterocycles. The molecule has 4 nitrogen and oxygen atoms in total. The molecule has 0 bridgehead atoms. The summed E-state index contributed by atoms with van der Waals surface area (Å²) in [5.74, 6) is -0.206. The molecule has 1 aromatic heterocycles. The molecule has 0 unspecified atom stereocenters. The molecule has 1 aliphatic rings. The van der Waals surface area contributed by atoms with Crippen LogP contribution in [0.25, 0.3) is 11.1 Å². The number of nitrogens with zero attached hydrogens (tertiary/aromatic N) is 2. The van der Waals surface area contributed by atoms with E-state index in [0.29, 0.717) is 11.5 Å². The Kier molecular flexibility index (Phi) is 5.49. The Bertz CT molecular complexity index is 938. The minimum Gasteiger partial charge on any atom is -0.478 e. The van der Waals surface area contributed by atoms with Crippen LogP contribution in [0.2, 0.25) is 0 Å². The summed E-state index contributed by atoms with van der Waals surface area (Å²) in [6.45, 7) is 3.16. The molecule has 1 atom stereocenters. The van der Waals surface area contributed by atoms with E-state index in [9.17, 15) is 9.90 Å². The third-order valence-corrected chi connectivity index (χ3v) is 5.45. The predicted molar refractivity (Wildman–Crippen MR) is 110 cm³/mol. The first kappa shape index (κ1) is 18.4. The Morgan fingerprint density at radius 2 is 1.86 bits per heavy atom. The van der Waals surface area contributed by atoms with E-state index in [4.69, 9.17) is 0 Å². The largest absolute Gasteiger partial charge is 0.478 e. The van der Waals surface area contributed by atoms with Crippen molar-refractivity contribution < 1.29 is 9.90 Å². The van der Waals surface area contributed by atoms with Gasteiger partial charge in [0.15, 0.2) is 0 Å². The number of carboxylic acid groups (broad SMARTS) is 1. The van der Waals surface area contributed by atoms with E-state index in [0.717, 1.165) is 37.2 Å². The molecule has 0 saturated carbocycles. The SMILES string of the molecule is O=C(O)c1ccccc1-c1ccc(CN2CC[C@@H](Cc3cccnc3)C2)cc1. The normalized spacial score (nSPS) is 16.9. The van der Waals surface area contributed by atoms with Gasteiger partial charge in [0, 0.05) is 25.5 Å². The van der Waals surface area contributed by atoms with Crippen LogP contribution in [0.15, 0.2) is 73.1 Å². The lowest BCUT2D eigenvalue weighted by atomic mass is 9.98. The van der Waals surface area contributed by atoms with Crippen molar-refractivity contribution in [3.8, 4) is 11.1 Å². The van der Waals surface area contributed by atoms with E-state index in [-0.39, 0.29) is 0 Å². The Hall–Kier alpha value is -2.98. The number of rotatable bonds is 6. The highest BCUT2D eigenvalue weighted by Crippen LogP contribution is 2.26. The van der Waals surface area contributed by atoms with Crippen molar-refractivity contribution in [1.82, 2.24) is 9.88 Å². The standard InChI is InChI=1S/C24H24N2O2/c27-24(28)23-6-2-1-5-22(23)21-9-7-18(8-10-21)16-26-13-11-20(17-26)14-19-4-3-12-25-15-19/h1-10,12,15,20H,11,13-14,16-17H2,(H,27,28)/t20-/m0/s1. The number of aromatic nitrogens is 1. The highest BCUT2D eigenvalue weighted by Gasteiger charge is 2.22. The van der Waals surface area contributed by atoms with Crippen molar-refractivity contribution in [3.05, 3.63) is 89.7 Å². The average molecular weight is 372 g/mol. The zero-order valence-electron chi connectivity index (χ0n) is 15.8. The second-order valence-electron chi connectivity index (χ2n) is 7.50. The molecule has 4 heteroatoms. The van der Waals surface area contributed by atoms with Gasteiger partial charge in [0.25, 0.3) is 0 Å². The molecule has 1 fully saturated rings. The van der Waals surface area contributed by atoms with Crippen molar-refractivity contribution in [1.29, 1.82) is 0 Å². The second-order valence-corrected chi connectivity index (χ2v) is 7.50. The smallest absolute Gasteiger partial charge is 0.336 e. The van der Waals surface area contributed by atoms with Gasteiger partial charge < -0.3 is 5.11 Å². The van der Waals surface area contributed by atoms with Gasteiger partial charge in [-0.2, -0.15) is 0 Å². The lowest BCUT2D eigenvalue weighted by Gasteiger charge is -2.16. The van der Waals surface area contributed by atoms with Crippen molar-refractivity contribution in [2.45, 2.75) is 19.4 Å². The molecule has 2 aromatic carbocycles. The van der Waals surface area contributed by atoms with E-state index >= 15 is 0 Å². The lowest BCUT2D eigenvalue weighted by Crippen LogP contribution is -2.20. The van der Waals surface area contributed by atoms with Crippen LogP contribution in [0.3, 0.4) is 0 Å². The summed E-state index contributed by atoms with van der Waals surface area (Å²) >= 11 is 0. The molecule has 0 amide bonds. The maximum Gasteiger partial charge on any atom is 0.336 e. The minimum atomic E-state index is -0.892. The van der Waals surface area contributed by atoms with E-state index in [2.05, 4.69) is 28.1 Å². The van der Waals surface area contributed by atoms with Gasteiger partial charge >= 0.3 is 5.97 Å². The molecule has 0 radical (unpaired) electrons. The fourth-order valence-electron chi connectivity index (χ4n) is 4.04. The number of likely N-dealkylation sites (tertiary alicyclic amines) is 1. The number of hydrogen-bond acceptors (Lipinski definition) is 3. The maximum atomic E-state index is 11.4. The molecule has 1 aliphatic heterocycles. The molecule has 142 valence electrons. The lowest BCUT2D eigenvalue weighted by molar-refractivity contribution is 0.0697. The molecule has 0 aliphatic carbocycles. The first-order valence-corrected chi connectivity index (χ1v) is 9.72. The second kappa shape index (κ2) is 8.36. The molecule has 4 rings (SSSR count). The predicted octanol–water partition coefficient (Wildman–Crippen LogP) is 4.51. The fraction of sp³-hybridized carbons (Fsp3) is 0.250. The number of benzene rings is 2. The zero-order chi connectivity index (χ0) is 19.3. The van der Waals surface area contributed by atoms with E-state index in [1.165, 1.54) is 17.5 Å². The maximum absolute atomic E-state index is 11.4. The van der Waals surface area contributed by atoms with Gasteiger partial charge in [0.05, 0.1) is 5.56 Å². The summed E-state index contributed by atoms with van der Waals surface area (Å²) in [5.41, 5.74) is 4.62. The number of aromatic carboxylic acids is 1. The number of carboxylic acids is 1. The van der Waals surface area contributed by atoms with E-state index < -0.39 is 5.97 Å². The minimum absolute atomic E-state index is 0.341. The highest BCUT2D eigenvalue weighted by atomic mass is 16.4. The van der Waals surface area contributed by atoms with Crippen LogP contribution in [0, 0.1) is 5.92 Å². The Labute approximate surface area is 165 Å². The number of hydrogen-bond donors (Lipinski definition) is 1. The summed E-state index contributed by atoms with van der Waals surface area (Å²) in [6.07, 6.45) is 6.10. The first-order valence-electron chi connectivity index (χ1n) is 9.72. The van der Waals surface area contributed by atoms with Gasteiger partial charge in [-0.15, -0.1) is 0 Å². The number of pyridine rings is 1. The van der Waals surface area contributed by atoms with Gasteiger partial charge in [0.1, 0.15) is 0 Å². The molecule has 3 aromatic rings. The first-order chi connectivity index (χ1) is 13.7. The van der Waals surface area contributed by atoms with Crippen molar-refractivity contribution in [3.63, 3.8) is 0 Å².